The van der Waals surface area contributed by atoms with Crippen LogP contribution < -0.4 is 37.6 Å². The van der Waals surface area contributed by atoms with Gasteiger partial charge in [-0.2, -0.15) is 0 Å². The van der Waals surface area contributed by atoms with Crippen molar-refractivity contribution in [2.24, 2.45) is 11.7 Å². The molecule has 0 aliphatic heterocycles. The van der Waals surface area contributed by atoms with E-state index in [-0.39, 0.29) is 12.2 Å². The molecule has 0 aromatic heterocycles. The number of carbonyl (C=O) groups is 7. The summed E-state index contributed by atoms with van der Waals surface area (Å²) in [6.45, 7) is 0.328. The van der Waals surface area contributed by atoms with Crippen LogP contribution >= 0.6 is 0 Å². The number of benzene rings is 1. The fourth-order valence-corrected chi connectivity index (χ4v) is 4.25. The predicted octanol–water partition coefficient (Wildman–Crippen LogP) is -6.74. The van der Waals surface area contributed by atoms with Crippen LogP contribution in [0.5, 0.6) is 5.75 Å². The first kappa shape index (κ1) is 44.1. The number of aliphatic hydroxyl groups excluding tert-OH is 5. The third-order valence-electron chi connectivity index (χ3n) is 7.28. The highest BCUT2D eigenvalue weighted by molar-refractivity contribution is 5.97. The van der Waals surface area contributed by atoms with E-state index in [1.807, 2.05) is 0 Å². The van der Waals surface area contributed by atoms with Crippen molar-refractivity contribution in [2.45, 2.75) is 75.6 Å². The maximum absolute atomic E-state index is 13.1. The summed E-state index contributed by atoms with van der Waals surface area (Å²) in [6, 6.07) is -5.80. The Labute approximate surface area is 292 Å². The van der Waals surface area contributed by atoms with Crippen molar-refractivity contribution in [1.29, 1.82) is 0 Å². The van der Waals surface area contributed by atoms with Gasteiger partial charge in [0, 0.05) is 6.42 Å². The number of phenols is 1. The highest BCUT2D eigenvalue weighted by atomic mass is 16.4. The molecule has 0 saturated carbocycles. The van der Waals surface area contributed by atoms with E-state index in [2.05, 4.69) is 31.9 Å². The third kappa shape index (κ3) is 14.1. The van der Waals surface area contributed by atoms with Gasteiger partial charge in [0.05, 0.1) is 32.5 Å². The van der Waals surface area contributed by atoms with Crippen molar-refractivity contribution >= 4 is 41.4 Å². The number of rotatable bonds is 21. The molecule has 6 amide bonds. The number of nitrogens with two attached hydrogens (primary N) is 1. The number of carboxylic acids is 1. The number of carboxylic acid groups (broad SMARTS) is 1. The zero-order valence-electron chi connectivity index (χ0n) is 28.1. The van der Waals surface area contributed by atoms with Gasteiger partial charge in [-0.05, 0) is 30.5 Å². The van der Waals surface area contributed by atoms with E-state index in [1.165, 1.54) is 38.1 Å². The van der Waals surface area contributed by atoms with Crippen LogP contribution in [0.25, 0.3) is 0 Å². The molecular weight excluding hydrogens is 682 g/mol. The minimum atomic E-state index is -1.82. The number of carbonyl (C=O) groups excluding carboxylic acids is 6. The standard InChI is InChI=1S/C30H47N7O14/c1-13(2)22(36-26(46)20(11-40)33-24(44)17(31)9-38)28(48)35-19(10-39)25(45)34-21(12-41)27(47)37-23(14(3)42)29(49)32-18(30(50)51)8-15-4-6-16(43)7-5-15/h4-7,13-14,17-23,38-43H,8-12,31H2,1-3H3,(H,32,49)(H,33,44)(H,34,45)(H,35,48)(H,36,46)(H,37,47)(H,50,51)/t14-,17+,18+,19+,20+,21+,22+,23+/m1/s1. The summed E-state index contributed by atoms with van der Waals surface area (Å²) in [5.74, 6) is -8.75. The first-order valence-electron chi connectivity index (χ1n) is 15.6. The number of aromatic hydroxyl groups is 1. The molecule has 0 aliphatic carbocycles. The lowest BCUT2D eigenvalue weighted by Crippen LogP contribution is -2.62. The van der Waals surface area contributed by atoms with E-state index in [4.69, 9.17) is 10.8 Å². The Morgan fingerprint density at radius 2 is 0.980 bits per heavy atom. The molecule has 0 heterocycles. The number of phenolic OH excluding ortho intramolecular Hbond substituents is 1. The van der Waals surface area contributed by atoms with Crippen LogP contribution in [0, 0.1) is 5.92 Å². The highest BCUT2D eigenvalue weighted by Crippen LogP contribution is 2.12. The van der Waals surface area contributed by atoms with Crippen molar-refractivity contribution < 1.29 is 69.3 Å². The molecule has 0 radical (unpaired) electrons. The number of aliphatic carboxylic acids is 1. The molecule has 15 N–H and O–H groups in total. The highest BCUT2D eigenvalue weighted by Gasteiger charge is 2.35. The lowest BCUT2D eigenvalue weighted by molar-refractivity contribution is -0.143. The monoisotopic (exact) mass is 729 g/mol. The summed E-state index contributed by atoms with van der Waals surface area (Å²) < 4.78 is 0. The van der Waals surface area contributed by atoms with Gasteiger partial charge in [0.15, 0.2) is 0 Å². The van der Waals surface area contributed by atoms with Crippen LogP contribution in [0.3, 0.4) is 0 Å². The summed E-state index contributed by atoms with van der Waals surface area (Å²) in [5.41, 5.74) is 5.81. The lowest BCUT2D eigenvalue weighted by Gasteiger charge is -2.28. The fraction of sp³-hybridized carbons (Fsp3) is 0.567. The molecule has 286 valence electrons. The SMILES string of the molecule is CC(C)[C@H](NC(=O)[C@H](CO)NC(=O)[C@@H](N)CO)C(=O)N[C@@H](CO)C(=O)N[C@@H](CO)C(=O)N[C@H](C(=O)N[C@@H](Cc1ccc(O)cc1)C(=O)O)[C@@H](C)O. The summed E-state index contributed by atoms with van der Waals surface area (Å²) in [7, 11) is 0. The van der Waals surface area contributed by atoms with E-state index < -0.39 is 122 Å². The van der Waals surface area contributed by atoms with Crippen LogP contribution in [0.15, 0.2) is 24.3 Å². The smallest absolute Gasteiger partial charge is 0.326 e. The second kappa shape index (κ2) is 21.3. The lowest BCUT2D eigenvalue weighted by atomic mass is 10.0. The van der Waals surface area contributed by atoms with E-state index in [9.17, 15) is 64.2 Å². The molecule has 0 aliphatic rings. The number of amides is 6. The molecular formula is C30H47N7O14. The molecule has 21 heteroatoms. The molecule has 1 aromatic rings. The van der Waals surface area contributed by atoms with Gasteiger partial charge in [0.25, 0.3) is 0 Å². The number of hydrogen-bond donors (Lipinski definition) is 14. The Hall–Kier alpha value is -4.93. The normalized spacial score (nSPS) is 15.8. The maximum Gasteiger partial charge on any atom is 0.326 e. The molecule has 0 saturated heterocycles. The molecule has 8 atom stereocenters. The van der Waals surface area contributed by atoms with Crippen LogP contribution in [0.4, 0.5) is 0 Å². The van der Waals surface area contributed by atoms with Crippen molar-refractivity contribution in [3.8, 4) is 5.75 Å². The van der Waals surface area contributed by atoms with Gasteiger partial charge in [-0.1, -0.05) is 26.0 Å². The summed E-state index contributed by atoms with van der Waals surface area (Å²) >= 11 is 0. The minimum Gasteiger partial charge on any atom is -0.508 e. The fourth-order valence-electron chi connectivity index (χ4n) is 4.25. The van der Waals surface area contributed by atoms with Gasteiger partial charge in [-0.3, -0.25) is 28.8 Å². The zero-order valence-corrected chi connectivity index (χ0v) is 28.1. The second-order valence-electron chi connectivity index (χ2n) is 11.7. The summed E-state index contributed by atoms with van der Waals surface area (Å²) in [6.07, 6.45) is -1.84. The third-order valence-corrected chi connectivity index (χ3v) is 7.28. The molecule has 21 nitrogen and oxygen atoms in total. The number of hydrogen-bond acceptors (Lipinski definition) is 14. The van der Waals surface area contributed by atoms with E-state index in [0.717, 1.165) is 6.92 Å². The quantitative estimate of drug-likeness (QED) is 0.0559. The van der Waals surface area contributed by atoms with E-state index in [1.54, 1.807) is 0 Å². The average molecular weight is 730 g/mol. The van der Waals surface area contributed by atoms with Crippen molar-refractivity contribution in [1.82, 2.24) is 31.9 Å². The first-order valence-corrected chi connectivity index (χ1v) is 15.6. The predicted molar refractivity (Wildman–Crippen MR) is 174 cm³/mol. The summed E-state index contributed by atoms with van der Waals surface area (Å²) in [5, 5.41) is 80.4. The number of aliphatic hydroxyl groups is 5. The largest absolute Gasteiger partial charge is 0.508 e. The van der Waals surface area contributed by atoms with Gasteiger partial charge in [0.1, 0.15) is 48.0 Å². The van der Waals surface area contributed by atoms with Crippen LogP contribution in [0.1, 0.15) is 26.3 Å². The van der Waals surface area contributed by atoms with E-state index >= 15 is 0 Å². The first-order chi connectivity index (χ1) is 23.9. The Bertz CT molecular complexity index is 1360. The maximum atomic E-state index is 13.1. The molecule has 1 rings (SSSR count). The molecule has 0 unspecified atom stereocenters. The minimum absolute atomic E-state index is 0.0734. The van der Waals surface area contributed by atoms with Crippen LogP contribution in [-0.2, 0) is 40.0 Å². The van der Waals surface area contributed by atoms with Gasteiger partial charge < -0.3 is 73.4 Å². The Morgan fingerprint density at radius 3 is 1.39 bits per heavy atom. The van der Waals surface area contributed by atoms with Gasteiger partial charge in [-0.25, -0.2) is 4.79 Å². The van der Waals surface area contributed by atoms with E-state index in [0.29, 0.717) is 5.56 Å². The second-order valence-corrected chi connectivity index (χ2v) is 11.7. The molecule has 0 bridgehead atoms. The molecule has 0 fully saturated rings. The van der Waals surface area contributed by atoms with Crippen molar-refractivity contribution in [2.75, 3.05) is 26.4 Å². The molecule has 0 spiro atoms. The average Bonchev–Trinajstić information content (AvgIpc) is 3.08. The van der Waals surface area contributed by atoms with Gasteiger partial charge >= 0.3 is 5.97 Å². The Balaban J connectivity index is 2.98. The van der Waals surface area contributed by atoms with Gasteiger partial charge in [-0.15, -0.1) is 0 Å². The van der Waals surface area contributed by atoms with Crippen molar-refractivity contribution in [3.63, 3.8) is 0 Å². The zero-order chi connectivity index (χ0) is 39.0. The van der Waals surface area contributed by atoms with Crippen molar-refractivity contribution in [3.05, 3.63) is 29.8 Å². The molecule has 51 heavy (non-hydrogen) atoms. The molecule has 1 aromatic carbocycles. The topological polar surface area (TPSA) is 359 Å². The Kier molecular flexibility index (Phi) is 18.4. The number of nitrogens with one attached hydrogen (secondary N) is 6. The summed E-state index contributed by atoms with van der Waals surface area (Å²) in [4.78, 5) is 88.4. The Morgan fingerprint density at radius 1 is 0.588 bits per heavy atom. The van der Waals surface area contributed by atoms with Crippen LogP contribution in [-0.4, -0.2) is 152 Å². The van der Waals surface area contributed by atoms with Crippen LogP contribution in [0.2, 0.25) is 0 Å². The van der Waals surface area contributed by atoms with Gasteiger partial charge in [0.2, 0.25) is 35.4 Å².